The van der Waals surface area contributed by atoms with Gasteiger partial charge in [0.05, 0.1) is 12.8 Å². The van der Waals surface area contributed by atoms with Crippen LogP contribution < -0.4 is 20.5 Å². The Labute approximate surface area is 202 Å². The van der Waals surface area contributed by atoms with Crippen molar-refractivity contribution in [3.05, 3.63) is 94.9 Å². The minimum Gasteiger partial charge on any atom is -0.497 e. The second kappa shape index (κ2) is 10.2. The lowest BCUT2D eigenvalue weighted by atomic mass is 10.1. The first-order valence-electron chi connectivity index (χ1n) is 10.6. The summed E-state index contributed by atoms with van der Waals surface area (Å²) in [6.45, 7) is 3.91. The van der Waals surface area contributed by atoms with E-state index in [9.17, 15) is 9.59 Å². The SMILES string of the molecule is COc1ccc(-c2csc(N(NC(=O)c3ccc(C)cc3)C(=O)Nc3ccc(C)cc3)n2)cc1. The topological polar surface area (TPSA) is 83.6 Å². The number of aryl methyl sites for hydroxylation is 2. The Bertz CT molecular complexity index is 1280. The van der Waals surface area contributed by atoms with Gasteiger partial charge < -0.3 is 10.1 Å². The molecule has 0 saturated heterocycles. The molecular formula is C26H24N4O3S. The summed E-state index contributed by atoms with van der Waals surface area (Å²) in [5.74, 6) is 0.323. The van der Waals surface area contributed by atoms with E-state index in [1.54, 1.807) is 31.4 Å². The smallest absolute Gasteiger partial charge is 0.347 e. The summed E-state index contributed by atoms with van der Waals surface area (Å²) >= 11 is 1.25. The summed E-state index contributed by atoms with van der Waals surface area (Å²) in [5.41, 5.74) is 7.40. The first kappa shape index (κ1) is 23.0. The van der Waals surface area contributed by atoms with Crippen molar-refractivity contribution in [2.45, 2.75) is 13.8 Å². The van der Waals surface area contributed by atoms with Crippen LogP contribution in [0.2, 0.25) is 0 Å². The number of benzene rings is 3. The largest absolute Gasteiger partial charge is 0.497 e. The van der Waals surface area contributed by atoms with Gasteiger partial charge in [-0.1, -0.05) is 35.4 Å². The van der Waals surface area contributed by atoms with E-state index < -0.39 is 11.9 Å². The second-order valence-corrected chi connectivity index (χ2v) is 8.52. The predicted octanol–water partition coefficient (Wildman–Crippen LogP) is 5.82. The molecule has 172 valence electrons. The Morgan fingerprint density at radius 3 is 2.12 bits per heavy atom. The molecule has 34 heavy (non-hydrogen) atoms. The number of ether oxygens (including phenoxy) is 1. The number of carbonyl (C=O) groups is 2. The fraction of sp³-hybridized carbons (Fsp3) is 0.115. The monoisotopic (exact) mass is 472 g/mol. The molecule has 2 N–H and O–H groups in total. The first-order valence-corrected chi connectivity index (χ1v) is 11.5. The van der Waals surface area contributed by atoms with E-state index in [4.69, 9.17) is 4.74 Å². The molecule has 0 radical (unpaired) electrons. The highest BCUT2D eigenvalue weighted by Gasteiger charge is 2.23. The maximum atomic E-state index is 13.2. The predicted molar refractivity (Wildman–Crippen MR) is 135 cm³/mol. The Kier molecular flexibility index (Phi) is 6.89. The number of amides is 3. The highest BCUT2D eigenvalue weighted by Crippen LogP contribution is 2.28. The highest BCUT2D eigenvalue weighted by atomic mass is 32.1. The van der Waals surface area contributed by atoms with Gasteiger partial charge in [0.2, 0.25) is 5.13 Å². The number of hydrogen-bond acceptors (Lipinski definition) is 5. The minimum absolute atomic E-state index is 0.330. The van der Waals surface area contributed by atoms with Crippen molar-refractivity contribution in [1.82, 2.24) is 10.4 Å². The van der Waals surface area contributed by atoms with Gasteiger partial charge in [-0.3, -0.25) is 10.2 Å². The molecule has 1 aromatic heterocycles. The molecule has 4 aromatic rings. The van der Waals surface area contributed by atoms with Crippen LogP contribution in [0.5, 0.6) is 5.75 Å². The lowest BCUT2D eigenvalue weighted by Gasteiger charge is -2.21. The number of nitrogens with zero attached hydrogens (tertiary/aromatic N) is 2. The maximum absolute atomic E-state index is 13.2. The van der Waals surface area contributed by atoms with Crippen LogP contribution in [0.15, 0.2) is 78.2 Å². The number of anilines is 2. The van der Waals surface area contributed by atoms with Gasteiger partial charge >= 0.3 is 6.03 Å². The number of aromatic nitrogens is 1. The van der Waals surface area contributed by atoms with Crippen molar-refractivity contribution in [3.63, 3.8) is 0 Å². The van der Waals surface area contributed by atoms with Gasteiger partial charge in [0.25, 0.3) is 5.91 Å². The molecule has 0 fully saturated rings. The summed E-state index contributed by atoms with van der Waals surface area (Å²) in [4.78, 5) is 30.7. The van der Waals surface area contributed by atoms with Crippen molar-refractivity contribution >= 4 is 34.1 Å². The number of carbonyl (C=O) groups excluding carboxylic acids is 2. The van der Waals surface area contributed by atoms with Gasteiger partial charge in [0.1, 0.15) is 5.75 Å². The number of hydrogen-bond donors (Lipinski definition) is 2. The quantitative estimate of drug-likeness (QED) is 0.359. The van der Waals surface area contributed by atoms with E-state index >= 15 is 0 Å². The fourth-order valence-corrected chi connectivity index (χ4v) is 3.92. The molecule has 0 saturated carbocycles. The Morgan fingerprint density at radius 1 is 0.882 bits per heavy atom. The summed E-state index contributed by atoms with van der Waals surface area (Å²) in [6, 6.07) is 21.5. The molecule has 0 atom stereocenters. The van der Waals surface area contributed by atoms with Crippen LogP contribution in [0.4, 0.5) is 15.6 Å². The zero-order valence-corrected chi connectivity index (χ0v) is 19.8. The van der Waals surface area contributed by atoms with Crippen molar-refractivity contribution in [1.29, 1.82) is 0 Å². The van der Waals surface area contributed by atoms with Gasteiger partial charge in [-0.05, 0) is 62.4 Å². The third-order valence-corrected chi connectivity index (χ3v) is 5.93. The summed E-state index contributed by atoms with van der Waals surface area (Å²) in [5, 5.41) is 6.12. The molecule has 0 aliphatic heterocycles. The Morgan fingerprint density at radius 2 is 1.50 bits per heavy atom. The maximum Gasteiger partial charge on any atom is 0.347 e. The summed E-state index contributed by atoms with van der Waals surface area (Å²) in [6.07, 6.45) is 0. The van der Waals surface area contributed by atoms with Crippen molar-refractivity contribution in [2.24, 2.45) is 0 Å². The molecule has 3 amide bonds. The van der Waals surface area contributed by atoms with Crippen LogP contribution in [-0.4, -0.2) is 24.0 Å². The van der Waals surface area contributed by atoms with Crippen LogP contribution in [0.1, 0.15) is 21.5 Å². The fourth-order valence-electron chi connectivity index (χ4n) is 3.13. The zero-order valence-electron chi connectivity index (χ0n) is 19.0. The lowest BCUT2D eigenvalue weighted by molar-refractivity contribution is 0.0951. The normalized spacial score (nSPS) is 10.4. The van der Waals surface area contributed by atoms with Crippen LogP contribution in [0, 0.1) is 13.8 Å². The molecule has 1 heterocycles. The van der Waals surface area contributed by atoms with Crippen LogP contribution in [0.25, 0.3) is 11.3 Å². The van der Waals surface area contributed by atoms with Gasteiger partial charge in [-0.2, -0.15) is 5.01 Å². The van der Waals surface area contributed by atoms with Crippen molar-refractivity contribution in [2.75, 3.05) is 17.4 Å². The van der Waals surface area contributed by atoms with E-state index in [1.807, 2.05) is 67.8 Å². The second-order valence-electron chi connectivity index (χ2n) is 7.68. The molecule has 4 rings (SSSR count). The number of urea groups is 1. The highest BCUT2D eigenvalue weighted by molar-refractivity contribution is 7.14. The molecule has 3 aromatic carbocycles. The number of nitrogens with one attached hydrogen (secondary N) is 2. The van der Waals surface area contributed by atoms with E-state index in [1.165, 1.54) is 11.3 Å². The molecular weight excluding hydrogens is 448 g/mol. The molecule has 0 aliphatic rings. The van der Waals surface area contributed by atoms with E-state index in [0.29, 0.717) is 22.1 Å². The third kappa shape index (κ3) is 5.41. The number of methoxy groups -OCH3 is 1. The van der Waals surface area contributed by atoms with E-state index in [2.05, 4.69) is 15.7 Å². The minimum atomic E-state index is -0.528. The third-order valence-electron chi connectivity index (χ3n) is 5.10. The van der Waals surface area contributed by atoms with Gasteiger partial charge in [0, 0.05) is 22.2 Å². The number of rotatable bonds is 5. The van der Waals surface area contributed by atoms with Crippen LogP contribution >= 0.6 is 11.3 Å². The molecule has 0 unspecified atom stereocenters. The van der Waals surface area contributed by atoms with E-state index in [-0.39, 0.29) is 0 Å². The molecule has 0 spiro atoms. The number of thiazole rings is 1. The molecule has 0 bridgehead atoms. The van der Waals surface area contributed by atoms with Crippen LogP contribution in [-0.2, 0) is 0 Å². The lowest BCUT2D eigenvalue weighted by Crippen LogP contribution is -2.48. The van der Waals surface area contributed by atoms with Crippen LogP contribution in [0.3, 0.4) is 0 Å². The standard InChI is InChI=1S/C26H24N4O3S/c1-17-4-8-20(9-5-17)24(31)29-30(25(32)27-21-12-6-18(2)7-13-21)26-28-23(16-34-26)19-10-14-22(33-3)15-11-19/h4-16H,1-3H3,(H,27,32)(H,29,31). The van der Waals surface area contributed by atoms with Crippen molar-refractivity contribution in [3.8, 4) is 17.0 Å². The molecule has 7 nitrogen and oxygen atoms in total. The molecule has 0 aliphatic carbocycles. The average molecular weight is 473 g/mol. The van der Waals surface area contributed by atoms with Gasteiger partial charge in [0.15, 0.2) is 0 Å². The molecule has 8 heteroatoms. The number of hydrazine groups is 1. The summed E-state index contributed by atoms with van der Waals surface area (Å²) < 4.78 is 5.21. The van der Waals surface area contributed by atoms with Crippen molar-refractivity contribution < 1.29 is 14.3 Å². The first-order chi connectivity index (χ1) is 16.4. The average Bonchev–Trinajstić information content (AvgIpc) is 3.34. The van der Waals surface area contributed by atoms with Gasteiger partial charge in [-0.15, -0.1) is 11.3 Å². The van der Waals surface area contributed by atoms with E-state index in [0.717, 1.165) is 27.4 Å². The zero-order chi connectivity index (χ0) is 24.1. The Hall–Kier alpha value is -4.17. The summed E-state index contributed by atoms with van der Waals surface area (Å²) in [7, 11) is 1.61. The van der Waals surface area contributed by atoms with Gasteiger partial charge in [-0.25, -0.2) is 9.78 Å². The Balaban J connectivity index is 1.61.